The Morgan fingerprint density at radius 3 is 2.70 bits per heavy atom. The third-order valence-corrected chi connectivity index (χ3v) is 3.13. The Balaban J connectivity index is 2.45. The summed E-state index contributed by atoms with van der Waals surface area (Å²) in [5.74, 6) is -0.754. The highest BCUT2D eigenvalue weighted by molar-refractivity contribution is 9.10. The van der Waals surface area contributed by atoms with Crippen LogP contribution in [0.2, 0.25) is 0 Å². The van der Waals surface area contributed by atoms with E-state index in [1.165, 1.54) is 22.9 Å². The first-order chi connectivity index (χ1) is 9.29. The van der Waals surface area contributed by atoms with Crippen LogP contribution in [-0.4, -0.2) is 9.55 Å². The lowest BCUT2D eigenvalue weighted by Crippen LogP contribution is -2.34. The summed E-state index contributed by atoms with van der Waals surface area (Å²) in [4.78, 5) is 16.1. The minimum atomic E-state index is -0.555. The molecule has 1 aromatic heterocycles. The van der Waals surface area contributed by atoms with Crippen LogP contribution in [0.25, 0.3) is 0 Å². The van der Waals surface area contributed by atoms with E-state index in [9.17, 15) is 9.18 Å². The second kappa shape index (κ2) is 5.36. The first kappa shape index (κ1) is 14.7. The van der Waals surface area contributed by atoms with Crippen LogP contribution in [0, 0.1) is 5.82 Å². The van der Waals surface area contributed by atoms with Gasteiger partial charge in [0.25, 0.3) is 5.88 Å². The molecule has 0 radical (unpaired) electrons. The molecule has 4 nitrogen and oxygen atoms in total. The lowest BCUT2D eigenvalue weighted by molar-refractivity contribution is 0.358. The zero-order chi connectivity index (χ0) is 14.9. The quantitative estimate of drug-likeness (QED) is 0.837. The summed E-state index contributed by atoms with van der Waals surface area (Å²) in [7, 11) is 0. The molecule has 0 aliphatic rings. The van der Waals surface area contributed by atoms with Crippen molar-refractivity contribution in [2.45, 2.75) is 26.3 Å². The molecule has 0 bridgehead atoms. The van der Waals surface area contributed by atoms with Gasteiger partial charge in [-0.15, -0.1) is 0 Å². The van der Waals surface area contributed by atoms with Gasteiger partial charge in [-0.3, -0.25) is 4.79 Å². The van der Waals surface area contributed by atoms with Crippen LogP contribution in [0.4, 0.5) is 4.39 Å². The van der Waals surface area contributed by atoms with Gasteiger partial charge in [-0.2, -0.15) is 0 Å². The van der Waals surface area contributed by atoms with E-state index in [0.717, 1.165) is 0 Å². The standard InChI is InChI=1S/C14H14BrFN2O2/c1-14(2,3)18-7-6-17-12(13(18)19)20-11-8-9(15)4-5-10(11)16/h4-8H,1-3H3. The highest BCUT2D eigenvalue weighted by Gasteiger charge is 2.18. The van der Waals surface area contributed by atoms with Gasteiger partial charge in [-0.05, 0) is 39.0 Å². The Morgan fingerprint density at radius 2 is 2.05 bits per heavy atom. The van der Waals surface area contributed by atoms with Gasteiger partial charge in [0.05, 0.1) is 0 Å². The van der Waals surface area contributed by atoms with Crippen LogP contribution in [-0.2, 0) is 5.54 Å². The average molecular weight is 341 g/mol. The lowest BCUT2D eigenvalue weighted by atomic mass is 10.1. The topological polar surface area (TPSA) is 44.1 Å². The molecule has 0 aliphatic carbocycles. The van der Waals surface area contributed by atoms with Crippen LogP contribution in [0.3, 0.4) is 0 Å². The van der Waals surface area contributed by atoms with Crippen LogP contribution < -0.4 is 10.3 Å². The van der Waals surface area contributed by atoms with E-state index in [2.05, 4.69) is 20.9 Å². The number of benzene rings is 1. The normalized spacial score (nSPS) is 11.4. The average Bonchev–Trinajstić information content (AvgIpc) is 2.35. The number of ether oxygens (including phenoxy) is 1. The number of halogens is 2. The van der Waals surface area contributed by atoms with E-state index < -0.39 is 16.9 Å². The van der Waals surface area contributed by atoms with E-state index >= 15 is 0 Å². The zero-order valence-electron chi connectivity index (χ0n) is 11.4. The summed E-state index contributed by atoms with van der Waals surface area (Å²) in [5, 5.41) is 0. The minimum absolute atomic E-state index is 0.0457. The van der Waals surface area contributed by atoms with E-state index in [-0.39, 0.29) is 11.6 Å². The van der Waals surface area contributed by atoms with Gasteiger partial charge in [0, 0.05) is 22.4 Å². The predicted molar refractivity (Wildman–Crippen MR) is 77.7 cm³/mol. The number of hydrogen-bond acceptors (Lipinski definition) is 3. The molecule has 1 aromatic carbocycles. The maximum Gasteiger partial charge on any atom is 0.314 e. The van der Waals surface area contributed by atoms with Gasteiger partial charge >= 0.3 is 5.56 Å². The molecule has 0 unspecified atom stereocenters. The maximum atomic E-state index is 13.6. The smallest absolute Gasteiger partial charge is 0.314 e. The van der Waals surface area contributed by atoms with Crippen molar-refractivity contribution in [3.05, 3.63) is 51.2 Å². The number of aromatic nitrogens is 2. The van der Waals surface area contributed by atoms with Crippen molar-refractivity contribution in [3.63, 3.8) is 0 Å². The highest BCUT2D eigenvalue weighted by Crippen LogP contribution is 2.25. The summed E-state index contributed by atoms with van der Waals surface area (Å²) < 4.78 is 21.1. The van der Waals surface area contributed by atoms with E-state index in [4.69, 9.17) is 4.74 Å². The van der Waals surface area contributed by atoms with Crippen molar-refractivity contribution in [2.75, 3.05) is 0 Å². The van der Waals surface area contributed by atoms with Gasteiger partial charge in [0.2, 0.25) is 0 Å². The first-order valence-electron chi connectivity index (χ1n) is 6.00. The molecular weight excluding hydrogens is 327 g/mol. The van der Waals surface area contributed by atoms with E-state index in [1.807, 2.05) is 20.8 Å². The van der Waals surface area contributed by atoms with Gasteiger partial charge in [-0.25, -0.2) is 9.37 Å². The van der Waals surface area contributed by atoms with Gasteiger partial charge in [0.15, 0.2) is 11.6 Å². The fourth-order valence-corrected chi connectivity index (χ4v) is 1.99. The molecule has 1 heterocycles. The van der Waals surface area contributed by atoms with Crippen LogP contribution in [0.1, 0.15) is 20.8 Å². The molecule has 0 fully saturated rings. The summed E-state index contributed by atoms with van der Waals surface area (Å²) >= 11 is 3.22. The molecule has 0 aliphatic heterocycles. The minimum Gasteiger partial charge on any atom is -0.431 e. The Hall–Kier alpha value is -1.69. The monoisotopic (exact) mass is 340 g/mol. The molecule has 0 amide bonds. The summed E-state index contributed by atoms with van der Waals surface area (Å²) in [6, 6.07) is 4.25. The Morgan fingerprint density at radius 1 is 1.35 bits per heavy atom. The number of hydrogen-bond donors (Lipinski definition) is 0. The molecular formula is C14H14BrFN2O2. The first-order valence-corrected chi connectivity index (χ1v) is 6.79. The highest BCUT2D eigenvalue weighted by atomic mass is 79.9. The SMILES string of the molecule is CC(C)(C)n1ccnc(Oc2cc(Br)ccc2F)c1=O. The van der Waals surface area contributed by atoms with Gasteiger partial charge in [0.1, 0.15) is 0 Å². The van der Waals surface area contributed by atoms with Crippen molar-refractivity contribution in [1.82, 2.24) is 9.55 Å². The van der Waals surface area contributed by atoms with Gasteiger partial charge < -0.3 is 9.30 Å². The molecule has 0 saturated carbocycles. The molecule has 0 saturated heterocycles. The fourth-order valence-electron chi connectivity index (χ4n) is 1.65. The Kier molecular flexibility index (Phi) is 3.94. The third kappa shape index (κ3) is 3.07. The van der Waals surface area contributed by atoms with Crippen LogP contribution in [0.15, 0.2) is 39.9 Å². The second-order valence-corrected chi connectivity index (χ2v) is 6.17. The van der Waals surface area contributed by atoms with Crippen molar-refractivity contribution in [1.29, 1.82) is 0 Å². The predicted octanol–water partition coefficient (Wildman–Crippen LogP) is 3.69. The van der Waals surface area contributed by atoms with Crippen molar-refractivity contribution < 1.29 is 9.13 Å². The molecule has 2 rings (SSSR count). The van der Waals surface area contributed by atoms with Crippen molar-refractivity contribution in [3.8, 4) is 11.6 Å². The maximum absolute atomic E-state index is 13.6. The van der Waals surface area contributed by atoms with Crippen molar-refractivity contribution >= 4 is 15.9 Å². The van der Waals surface area contributed by atoms with Crippen LogP contribution >= 0.6 is 15.9 Å². The summed E-state index contributed by atoms with van der Waals surface area (Å²) in [6.45, 7) is 5.66. The molecule has 0 N–H and O–H groups in total. The van der Waals surface area contributed by atoms with Crippen LogP contribution in [0.5, 0.6) is 11.6 Å². The second-order valence-electron chi connectivity index (χ2n) is 5.26. The number of nitrogens with zero attached hydrogens (tertiary/aromatic N) is 2. The summed E-state index contributed by atoms with van der Waals surface area (Å²) in [5.41, 5.74) is -0.812. The molecule has 6 heteroatoms. The van der Waals surface area contributed by atoms with E-state index in [1.54, 1.807) is 12.3 Å². The fraction of sp³-hybridized carbons (Fsp3) is 0.286. The largest absolute Gasteiger partial charge is 0.431 e. The molecule has 20 heavy (non-hydrogen) atoms. The Labute approximate surface area is 124 Å². The molecule has 2 aromatic rings. The van der Waals surface area contributed by atoms with Gasteiger partial charge in [-0.1, -0.05) is 15.9 Å². The molecule has 0 atom stereocenters. The summed E-state index contributed by atoms with van der Waals surface area (Å²) in [6.07, 6.45) is 3.03. The zero-order valence-corrected chi connectivity index (χ0v) is 12.9. The van der Waals surface area contributed by atoms with E-state index in [0.29, 0.717) is 4.47 Å². The lowest BCUT2D eigenvalue weighted by Gasteiger charge is -2.22. The molecule has 0 spiro atoms. The Bertz CT molecular complexity index is 692. The number of rotatable bonds is 2. The molecule has 106 valence electrons. The third-order valence-electron chi connectivity index (χ3n) is 2.63. The van der Waals surface area contributed by atoms with Crippen molar-refractivity contribution in [2.24, 2.45) is 0 Å².